The van der Waals surface area contributed by atoms with Gasteiger partial charge in [0.25, 0.3) is 0 Å². The number of hydrogen-bond acceptors (Lipinski definition) is 3. The molecular weight excluding hydrogens is 281 g/mol. The van der Waals surface area contributed by atoms with Crippen molar-refractivity contribution < 1.29 is 13.2 Å². The summed E-state index contributed by atoms with van der Waals surface area (Å²) < 4.78 is 39.9. The van der Waals surface area contributed by atoms with Crippen LogP contribution in [0.25, 0.3) is 11.4 Å². The molecule has 4 nitrogen and oxygen atoms in total. The summed E-state index contributed by atoms with van der Waals surface area (Å²) in [6.07, 6.45) is -4.40. The Labute approximate surface area is 119 Å². The summed E-state index contributed by atoms with van der Waals surface area (Å²) in [5, 5.41) is 4.20. The van der Waals surface area contributed by atoms with E-state index in [0.717, 1.165) is 11.1 Å². The predicted molar refractivity (Wildman–Crippen MR) is 71.3 cm³/mol. The summed E-state index contributed by atoms with van der Waals surface area (Å²) in [5.41, 5.74) is 7.66. The van der Waals surface area contributed by atoms with E-state index >= 15 is 0 Å². The third kappa shape index (κ3) is 2.65. The van der Waals surface area contributed by atoms with E-state index in [4.69, 9.17) is 5.73 Å². The van der Waals surface area contributed by atoms with Crippen LogP contribution in [0.5, 0.6) is 0 Å². The lowest BCUT2D eigenvalue weighted by atomic mass is 9.96. The molecule has 2 heterocycles. The molecule has 3 rings (SSSR count). The number of alkyl halides is 3. The molecule has 0 fully saturated rings. The summed E-state index contributed by atoms with van der Waals surface area (Å²) >= 11 is 0. The number of nitrogens with zero attached hydrogens (tertiary/aromatic N) is 3. The number of nitrogens with two attached hydrogens (primary N) is 1. The minimum atomic E-state index is -4.26. The zero-order valence-electron chi connectivity index (χ0n) is 11.4. The van der Waals surface area contributed by atoms with Crippen molar-refractivity contribution in [2.24, 2.45) is 11.7 Å². The van der Waals surface area contributed by atoms with E-state index < -0.39 is 18.1 Å². The fraction of sp³-hybridized carbons (Fsp3) is 0.429. The number of halogens is 3. The predicted octanol–water partition coefficient (Wildman–Crippen LogP) is 2.84. The van der Waals surface area contributed by atoms with Crippen LogP contribution in [-0.2, 0) is 6.54 Å². The van der Waals surface area contributed by atoms with Gasteiger partial charge in [-0.05, 0) is 19.4 Å². The van der Waals surface area contributed by atoms with Gasteiger partial charge in [0.1, 0.15) is 5.82 Å². The maximum absolute atomic E-state index is 12.9. The first-order valence-electron chi connectivity index (χ1n) is 6.68. The van der Waals surface area contributed by atoms with Crippen molar-refractivity contribution in [2.45, 2.75) is 32.1 Å². The Kier molecular flexibility index (Phi) is 3.24. The first-order chi connectivity index (χ1) is 9.84. The van der Waals surface area contributed by atoms with Gasteiger partial charge in [0.2, 0.25) is 0 Å². The van der Waals surface area contributed by atoms with Gasteiger partial charge in [-0.1, -0.05) is 23.8 Å². The van der Waals surface area contributed by atoms with Crippen LogP contribution in [0, 0.1) is 12.8 Å². The fourth-order valence-corrected chi connectivity index (χ4v) is 2.60. The number of fused-ring (bicyclic) bond motifs is 1. The molecule has 2 atom stereocenters. The van der Waals surface area contributed by atoms with Gasteiger partial charge in [0.05, 0.1) is 18.5 Å². The first kappa shape index (κ1) is 14.1. The highest BCUT2D eigenvalue weighted by molar-refractivity contribution is 5.55. The molecule has 0 saturated heterocycles. The van der Waals surface area contributed by atoms with Crippen LogP contribution in [0.2, 0.25) is 0 Å². The molecule has 0 aliphatic carbocycles. The van der Waals surface area contributed by atoms with Crippen LogP contribution in [0.3, 0.4) is 0 Å². The van der Waals surface area contributed by atoms with Crippen LogP contribution in [-0.4, -0.2) is 20.9 Å². The smallest absolute Gasteiger partial charge is 0.321 e. The zero-order chi connectivity index (χ0) is 15.2. The van der Waals surface area contributed by atoms with E-state index in [1.807, 2.05) is 31.2 Å². The van der Waals surface area contributed by atoms with Crippen molar-refractivity contribution in [3.05, 3.63) is 35.7 Å². The van der Waals surface area contributed by atoms with Gasteiger partial charge in [-0.2, -0.15) is 18.3 Å². The second-order valence-electron chi connectivity index (χ2n) is 5.43. The highest BCUT2D eigenvalue weighted by Gasteiger charge is 2.44. The van der Waals surface area contributed by atoms with Crippen LogP contribution in [0.1, 0.15) is 23.9 Å². The molecule has 2 aromatic rings. The topological polar surface area (TPSA) is 56.7 Å². The van der Waals surface area contributed by atoms with Crippen LogP contribution >= 0.6 is 0 Å². The number of benzene rings is 1. The van der Waals surface area contributed by atoms with E-state index in [-0.39, 0.29) is 13.0 Å². The fourth-order valence-electron chi connectivity index (χ4n) is 2.60. The molecule has 1 aromatic carbocycles. The molecule has 0 amide bonds. The SMILES string of the molecule is Cc1cccc(-c2nc3n(n2)CC(C(F)(F)F)CC3N)c1. The summed E-state index contributed by atoms with van der Waals surface area (Å²) in [5.74, 6) is -0.619. The maximum Gasteiger partial charge on any atom is 0.393 e. The van der Waals surface area contributed by atoms with E-state index in [0.29, 0.717) is 11.6 Å². The number of hydrogen-bond donors (Lipinski definition) is 1. The Morgan fingerprint density at radius 2 is 2.10 bits per heavy atom. The Bertz CT molecular complexity index is 662. The number of aromatic nitrogens is 3. The lowest BCUT2D eigenvalue weighted by molar-refractivity contribution is -0.184. The Morgan fingerprint density at radius 3 is 2.76 bits per heavy atom. The quantitative estimate of drug-likeness (QED) is 0.880. The van der Waals surface area contributed by atoms with Crippen LogP contribution < -0.4 is 5.73 Å². The van der Waals surface area contributed by atoms with Crippen molar-refractivity contribution in [1.29, 1.82) is 0 Å². The molecule has 0 saturated carbocycles. The van der Waals surface area contributed by atoms with Crippen molar-refractivity contribution in [2.75, 3.05) is 0 Å². The molecule has 1 aliphatic heterocycles. The van der Waals surface area contributed by atoms with Gasteiger partial charge in [-0.25, -0.2) is 9.67 Å². The average molecular weight is 296 g/mol. The van der Waals surface area contributed by atoms with Gasteiger partial charge in [0, 0.05) is 5.56 Å². The highest BCUT2D eigenvalue weighted by Crippen LogP contribution is 2.37. The standard InChI is InChI=1S/C14H15F3N4/c1-8-3-2-4-9(5-8)12-19-13-11(18)6-10(14(15,16)17)7-21(13)20-12/h2-5,10-11H,6-7,18H2,1H3. The molecular formula is C14H15F3N4. The van der Waals surface area contributed by atoms with Crippen molar-refractivity contribution in [1.82, 2.24) is 14.8 Å². The van der Waals surface area contributed by atoms with E-state index in [2.05, 4.69) is 10.1 Å². The van der Waals surface area contributed by atoms with Gasteiger partial charge >= 0.3 is 6.18 Å². The summed E-state index contributed by atoms with van der Waals surface area (Å²) in [6.45, 7) is 1.72. The Balaban J connectivity index is 1.97. The van der Waals surface area contributed by atoms with Crippen molar-refractivity contribution in [3.63, 3.8) is 0 Å². The van der Waals surface area contributed by atoms with Gasteiger partial charge in [-0.15, -0.1) is 0 Å². The third-order valence-corrected chi connectivity index (χ3v) is 3.70. The monoisotopic (exact) mass is 296 g/mol. The lowest BCUT2D eigenvalue weighted by Gasteiger charge is -2.28. The van der Waals surface area contributed by atoms with Crippen LogP contribution in [0.15, 0.2) is 24.3 Å². The minimum Gasteiger partial charge on any atom is -0.321 e. The van der Waals surface area contributed by atoms with E-state index in [9.17, 15) is 13.2 Å². The van der Waals surface area contributed by atoms with Crippen molar-refractivity contribution in [3.8, 4) is 11.4 Å². The largest absolute Gasteiger partial charge is 0.393 e. The molecule has 1 aromatic heterocycles. The maximum atomic E-state index is 12.9. The second-order valence-corrected chi connectivity index (χ2v) is 5.43. The Hall–Kier alpha value is -1.89. The molecule has 1 aliphatic rings. The molecule has 2 N–H and O–H groups in total. The Morgan fingerprint density at radius 1 is 1.33 bits per heavy atom. The first-order valence-corrected chi connectivity index (χ1v) is 6.68. The molecule has 7 heteroatoms. The molecule has 2 unspecified atom stereocenters. The number of aryl methyl sites for hydroxylation is 1. The second kappa shape index (κ2) is 4.84. The van der Waals surface area contributed by atoms with Gasteiger partial charge in [0.15, 0.2) is 5.82 Å². The summed E-state index contributed by atoms with van der Waals surface area (Å²) in [6, 6.07) is 6.79. The number of rotatable bonds is 1. The molecule has 0 spiro atoms. The van der Waals surface area contributed by atoms with E-state index in [1.54, 1.807) is 0 Å². The summed E-state index contributed by atoms with van der Waals surface area (Å²) in [7, 11) is 0. The lowest BCUT2D eigenvalue weighted by Crippen LogP contribution is -2.37. The molecule has 0 bridgehead atoms. The molecule has 0 radical (unpaired) electrons. The molecule has 112 valence electrons. The molecule has 21 heavy (non-hydrogen) atoms. The van der Waals surface area contributed by atoms with Gasteiger partial charge < -0.3 is 5.73 Å². The van der Waals surface area contributed by atoms with E-state index in [1.165, 1.54) is 4.68 Å². The average Bonchev–Trinajstić information content (AvgIpc) is 2.82. The third-order valence-electron chi connectivity index (χ3n) is 3.70. The van der Waals surface area contributed by atoms with Crippen LogP contribution in [0.4, 0.5) is 13.2 Å². The summed E-state index contributed by atoms with van der Waals surface area (Å²) in [4.78, 5) is 4.32. The normalized spacial score (nSPS) is 22.1. The minimum absolute atomic E-state index is 0.143. The van der Waals surface area contributed by atoms with Crippen molar-refractivity contribution >= 4 is 0 Å². The zero-order valence-corrected chi connectivity index (χ0v) is 11.4. The van der Waals surface area contributed by atoms with Gasteiger partial charge in [-0.3, -0.25) is 0 Å². The highest BCUT2D eigenvalue weighted by atomic mass is 19.4.